The third-order valence-corrected chi connectivity index (χ3v) is 2.22. The fraction of sp³-hybridized carbons (Fsp3) is 0.727. The van der Waals surface area contributed by atoms with Gasteiger partial charge in [-0.25, -0.2) is 4.79 Å². The Bertz CT molecular complexity index is 282. The smallest absolute Gasteiger partial charge is 0.434 e. The van der Waals surface area contributed by atoms with E-state index in [0.29, 0.717) is 11.5 Å². The Hall–Kier alpha value is -1.07. The van der Waals surface area contributed by atoms with Gasteiger partial charge in [-0.2, -0.15) is 5.06 Å². The number of rotatable bonds is 2. The number of amides is 1. The summed E-state index contributed by atoms with van der Waals surface area (Å²) < 4.78 is 10.1. The number of hydroxylamine groups is 2. The maximum absolute atomic E-state index is 11.5. The van der Waals surface area contributed by atoms with Gasteiger partial charge in [0.15, 0.2) is 0 Å². The zero-order valence-corrected chi connectivity index (χ0v) is 10.1. The molecule has 0 aromatic rings. The molecular weight excluding hydrogens is 210 g/mol. The van der Waals surface area contributed by atoms with Crippen LogP contribution in [0.1, 0.15) is 27.2 Å². The summed E-state index contributed by atoms with van der Waals surface area (Å²) in [5.41, 5.74) is -0.610. The Morgan fingerprint density at radius 1 is 1.44 bits per heavy atom. The number of carbonyl (C=O) groups excluding carboxylic acids is 1. The number of hydrogen-bond acceptors (Lipinski definition) is 4. The molecule has 5 heteroatoms. The maximum atomic E-state index is 11.5. The molecular formula is C11H19NO4. The molecule has 0 aliphatic heterocycles. The summed E-state index contributed by atoms with van der Waals surface area (Å²) in [6.45, 7) is 5.25. The zero-order chi connectivity index (χ0) is 12.3. The van der Waals surface area contributed by atoms with Gasteiger partial charge in [0.05, 0.1) is 12.1 Å². The average Bonchev–Trinajstić information content (AvgIpc) is 2.61. The third-order valence-electron chi connectivity index (χ3n) is 2.22. The lowest BCUT2D eigenvalue weighted by Crippen LogP contribution is -2.40. The molecule has 0 unspecified atom stereocenters. The summed E-state index contributed by atoms with van der Waals surface area (Å²) in [5, 5.41) is 10.3. The molecule has 0 aromatic carbocycles. The topological polar surface area (TPSA) is 59.0 Å². The molecule has 16 heavy (non-hydrogen) atoms. The molecule has 0 fully saturated rings. The Labute approximate surface area is 95.6 Å². The molecule has 0 aromatic heterocycles. The van der Waals surface area contributed by atoms with Crippen LogP contribution in [0, 0.1) is 0 Å². The van der Waals surface area contributed by atoms with Crippen molar-refractivity contribution in [3.05, 3.63) is 12.2 Å². The molecule has 1 rings (SSSR count). The summed E-state index contributed by atoms with van der Waals surface area (Å²) in [6.07, 6.45) is 3.31. The predicted molar refractivity (Wildman–Crippen MR) is 58.2 cm³/mol. The number of methoxy groups -OCH3 is 1. The first-order chi connectivity index (χ1) is 7.33. The second kappa shape index (κ2) is 4.84. The van der Waals surface area contributed by atoms with E-state index in [1.165, 1.54) is 0 Å². The molecule has 1 aliphatic carbocycles. The van der Waals surface area contributed by atoms with Crippen molar-refractivity contribution in [1.29, 1.82) is 0 Å². The van der Waals surface area contributed by atoms with Gasteiger partial charge in [0.1, 0.15) is 5.60 Å². The van der Waals surface area contributed by atoms with Crippen LogP contribution in [0.5, 0.6) is 0 Å². The van der Waals surface area contributed by atoms with Gasteiger partial charge in [0, 0.05) is 13.5 Å². The minimum absolute atomic E-state index is 0.0536. The van der Waals surface area contributed by atoms with Gasteiger partial charge >= 0.3 is 6.09 Å². The molecule has 1 aliphatic rings. The maximum Gasteiger partial charge on any atom is 0.434 e. The third kappa shape index (κ3) is 3.50. The van der Waals surface area contributed by atoms with E-state index in [9.17, 15) is 10.0 Å². The minimum atomic E-state index is -0.737. The summed E-state index contributed by atoms with van der Waals surface area (Å²) >= 11 is 0. The summed E-state index contributed by atoms with van der Waals surface area (Å²) in [4.78, 5) is 11.5. The Kier molecular flexibility index (Phi) is 3.93. The fourth-order valence-corrected chi connectivity index (χ4v) is 1.45. The second-order valence-electron chi connectivity index (χ2n) is 4.79. The van der Waals surface area contributed by atoms with Crippen molar-refractivity contribution in [2.75, 3.05) is 7.11 Å². The van der Waals surface area contributed by atoms with Crippen molar-refractivity contribution in [1.82, 2.24) is 5.06 Å². The van der Waals surface area contributed by atoms with Crippen LogP contribution in [0.25, 0.3) is 0 Å². The quantitative estimate of drug-likeness (QED) is 0.446. The van der Waals surface area contributed by atoms with E-state index in [4.69, 9.17) is 9.47 Å². The zero-order valence-electron chi connectivity index (χ0n) is 10.1. The van der Waals surface area contributed by atoms with E-state index >= 15 is 0 Å². The fourth-order valence-electron chi connectivity index (χ4n) is 1.45. The molecule has 2 atom stereocenters. The highest BCUT2D eigenvalue weighted by Crippen LogP contribution is 2.19. The van der Waals surface area contributed by atoms with Crippen molar-refractivity contribution in [3.63, 3.8) is 0 Å². The van der Waals surface area contributed by atoms with Crippen LogP contribution in [0.4, 0.5) is 4.79 Å². The van der Waals surface area contributed by atoms with E-state index < -0.39 is 11.7 Å². The van der Waals surface area contributed by atoms with Crippen molar-refractivity contribution in [3.8, 4) is 0 Å². The Balaban J connectivity index is 2.50. The molecule has 5 nitrogen and oxygen atoms in total. The van der Waals surface area contributed by atoms with Crippen LogP contribution in [-0.4, -0.2) is 41.2 Å². The van der Waals surface area contributed by atoms with E-state index in [0.717, 1.165) is 0 Å². The van der Waals surface area contributed by atoms with Gasteiger partial charge in [0.2, 0.25) is 0 Å². The van der Waals surface area contributed by atoms with E-state index in [-0.39, 0.29) is 12.1 Å². The van der Waals surface area contributed by atoms with E-state index in [2.05, 4.69) is 0 Å². The summed E-state index contributed by atoms with van der Waals surface area (Å²) in [7, 11) is 1.59. The summed E-state index contributed by atoms with van der Waals surface area (Å²) in [6, 6.07) is -0.375. The molecule has 0 radical (unpaired) electrons. The van der Waals surface area contributed by atoms with Crippen LogP contribution in [0.3, 0.4) is 0 Å². The monoisotopic (exact) mass is 229 g/mol. The Morgan fingerprint density at radius 3 is 2.50 bits per heavy atom. The van der Waals surface area contributed by atoms with Gasteiger partial charge in [-0.3, -0.25) is 5.21 Å². The average molecular weight is 229 g/mol. The van der Waals surface area contributed by atoms with Crippen molar-refractivity contribution < 1.29 is 19.5 Å². The van der Waals surface area contributed by atoms with Crippen molar-refractivity contribution in [2.24, 2.45) is 0 Å². The molecule has 0 spiro atoms. The number of carbonyl (C=O) groups is 1. The van der Waals surface area contributed by atoms with E-state index in [1.54, 1.807) is 34.0 Å². The first kappa shape index (κ1) is 13.0. The predicted octanol–water partition coefficient (Wildman–Crippen LogP) is 1.96. The van der Waals surface area contributed by atoms with Crippen LogP contribution in [0.15, 0.2) is 12.2 Å². The largest absolute Gasteiger partial charge is 0.442 e. The van der Waals surface area contributed by atoms with Gasteiger partial charge in [-0.05, 0) is 20.8 Å². The lowest BCUT2D eigenvalue weighted by atomic mass is 10.2. The van der Waals surface area contributed by atoms with Crippen LogP contribution >= 0.6 is 0 Å². The number of nitrogens with zero attached hydrogens (tertiary/aromatic N) is 1. The highest BCUT2D eigenvalue weighted by molar-refractivity contribution is 5.67. The number of hydrogen-bond donors (Lipinski definition) is 1. The van der Waals surface area contributed by atoms with Crippen LogP contribution in [0.2, 0.25) is 0 Å². The first-order valence-electron chi connectivity index (χ1n) is 5.25. The van der Waals surface area contributed by atoms with Gasteiger partial charge in [-0.15, -0.1) is 0 Å². The molecule has 0 bridgehead atoms. The molecule has 0 heterocycles. The van der Waals surface area contributed by atoms with Crippen molar-refractivity contribution in [2.45, 2.75) is 44.9 Å². The molecule has 0 saturated heterocycles. The van der Waals surface area contributed by atoms with E-state index in [1.807, 2.05) is 6.08 Å². The van der Waals surface area contributed by atoms with Gasteiger partial charge in [0.25, 0.3) is 0 Å². The molecule has 1 amide bonds. The van der Waals surface area contributed by atoms with Crippen LogP contribution in [-0.2, 0) is 9.47 Å². The second-order valence-corrected chi connectivity index (χ2v) is 4.79. The van der Waals surface area contributed by atoms with Gasteiger partial charge in [-0.1, -0.05) is 12.2 Å². The normalized spacial score (nSPS) is 24.6. The Morgan fingerprint density at radius 2 is 2.06 bits per heavy atom. The highest BCUT2D eigenvalue weighted by Gasteiger charge is 2.30. The summed E-state index contributed by atoms with van der Waals surface area (Å²) in [5.74, 6) is 0. The SMILES string of the molecule is CO[C@H]1C=C[C@@H](N(O)C(=O)OC(C)(C)C)C1. The standard InChI is InChI=1S/C11H19NO4/c1-11(2,3)16-10(13)12(14)8-5-6-9(7-8)15-4/h5-6,8-9,14H,7H2,1-4H3/t8-,9+/m1/s1. The molecule has 92 valence electrons. The highest BCUT2D eigenvalue weighted by atomic mass is 16.6. The number of ether oxygens (including phenoxy) is 2. The molecule has 0 saturated carbocycles. The van der Waals surface area contributed by atoms with Crippen LogP contribution < -0.4 is 0 Å². The lowest BCUT2D eigenvalue weighted by Gasteiger charge is -2.26. The van der Waals surface area contributed by atoms with Gasteiger partial charge < -0.3 is 9.47 Å². The molecule has 1 N–H and O–H groups in total. The first-order valence-corrected chi connectivity index (χ1v) is 5.25. The minimum Gasteiger partial charge on any atom is -0.442 e. The lowest BCUT2D eigenvalue weighted by molar-refractivity contribution is -0.113. The van der Waals surface area contributed by atoms with Crippen molar-refractivity contribution >= 4 is 6.09 Å².